The quantitative estimate of drug-likeness (QED) is 0.201. The fourth-order valence-electron chi connectivity index (χ4n) is 5.07. The van der Waals surface area contributed by atoms with E-state index in [9.17, 15) is 18.0 Å². The number of benzene rings is 4. The van der Waals surface area contributed by atoms with Gasteiger partial charge < -0.3 is 10.2 Å². The third kappa shape index (κ3) is 8.07. The van der Waals surface area contributed by atoms with Crippen LogP contribution in [0.4, 0.5) is 5.69 Å². The minimum atomic E-state index is -4.16. The summed E-state index contributed by atoms with van der Waals surface area (Å²) in [5.41, 5.74) is 4.61. The molecule has 2 amide bonds. The highest BCUT2D eigenvalue weighted by Crippen LogP contribution is 2.29. The molecule has 0 aliphatic heterocycles. The summed E-state index contributed by atoms with van der Waals surface area (Å²) in [7, 11) is -4.16. The van der Waals surface area contributed by atoms with E-state index in [-0.39, 0.29) is 23.8 Å². The Morgan fingerprint density at radius 1 is 0.818 bits per heavy atom. The smallest absolute Gasteiger partial charge is 0.264 e. The molecule has 0 heterocycles. The molecule has 0 aromatic heterocycles. The number of hydrogen-bond donors (Lipinski definition) is 1. The molecule has 9 heteroatoms. The maximum absolute atomic E-state index is 14.5. The fraction of sp³-hybridized carbons (Fsp3) is 0.257. The van der Waals surface area contributed by atoms with Crippen LogP contribution in [0.2, 0.25) is 5.02 Å². The van der Waals surface area contributed by atoms with Gasteiger partial charge in [-0.3, -0.25) is 13.9 Å². The molecule has 0 saturated carbocycles. The lowest BCUT2D eigenvalue weighted by Gasteiger charge is -2.34. The molecule has 0 bridgehead atoms. The molecule has 7 nitrogen and oxygen atoms in total. The Hall–Kier alpha value is -4.14. The molecule has 44 heavy (non-hydrogen) atoms. The third-order valence-electron chi connectivity index (χ3n) is 7.40. The fourth-order valence-corrected chi connectivity index (χ4v) is 6.67. The van der Waals surface area contributed by atoms with Crippen molar-refractivity contribution in [1.29, 1.82) is 0 Å². The monoisotopic (exact) mass is 631 g/mol. The van der Waals surface area contributed by atoms with E-state index in [1.54, 1.807) is 54.6 Å². The summed E-state index contributed by atoms with van der Waals surface area (Å²) in [6, 6.07) is 27.6. The first kappa shape index (κ1) is 32.8. The predicted molar refractivity (Wildman–Crippen MR) is 176 cm³/mol. The molecule has 4 aromatic carbocycles. The van der Waals surface area contributed by atoms with Gasteiger partial charge in [-0.25, -0.2) is 8.42 Å². The molecular formula is C35H38ClN3O4S. The van der Waals surface area contributed by atoms with Crippen molar-refractivity contribution in [1.82, 2.24) is 10.2 Å². The van der Waals surface area contributed by atoms with Gasteiger partial charge in [-0.05, 0) is 74.7 Å². The summed E-state index contributed by atoms with van der Waals surface area (Å²) in [6.45, 7) is 7.40. The number of hydrogen-bond acceptors (Lipinski definition) is 4. The molecule has 0 aliphatic carbocycles. The standard InChI is InChI=1S/C35H38ClN3O4S/c1-5-37-35(41)33(22-28-9-7-6-8-10-28)38(23-29-14-16-30(36)17-15-29)34(40)24-39(32-20-13-26(3)21-27(32)4)44(42,43)31-18-11-25(2)12-19-31/h6-21,33H,5,22-24H2,1-4H3,(H,37,41). The van der Waals surface area contributed by atoms with Gasteiger partial charge in [-0.2, -0.15) is 0 Å². The lowest BCUT2D eigenvalue weighted by molar-refractivity contribution is -0.140. The zero-order valence-electron chi connectivity index (χ0n) is 25.5. The third-order valence-corrected chi connectivity index (χ3v) is 9.42. The van der Waals surface area contributed by atoms with E-state index in [0.29, 0.717) is 22.8 Å². The summed E-state index contributed by atoms with van der Waals surface area (Å²) in [5, 5.41) is 3.42. The highest BCUT2D eigenvalue weighted by Gasteiger charge is 2.35. The van der Waals surface area contributed by atoms with Gasteiger partial charge in [0.15, 0.2) is 0 Å². The van der Waals surface area contributed by atoms with Crippen LogP contribution < -0.4 is 9.62 Å². The molecule has 1 unspecified atom stereocenters. The molecule has 4 aromatic rings. The second-order valence-electron chi connectivity index (χ2n) is 10.9. The largest absolute Gasteiger partial charge is 0.355 e. The second-order valence-corrected chi connectivity index (χ2v) is 13.2. The summed E-state index contributed by atoms with van der Waals surface area (Å²) in [5.74, 6) is -0.832. The van der Waals surface area contributed by atoms with Crippen LogP contribution >= 0.6 is 11.6 Å². The number of likely N-dealkylation sites (N-methyl/N-ethyl adjacent to an activating group) is 1. The molecule has 1 N–H and O–H groups in total. The summed E-state index contributed by atoms with van der Waals surface area (Å²) in [4.78, 5) is 29.6. The average Bonchev–Trinajstić information content (AvgIpc) is 2.99. The van der Waals surface area contributed by atoms with Crippen molar-refractivity contribution in [2.75, 3.05) is 17.4 Å². The van der Waals surface area contributed by atoms with E-state index >= 15 is 0 Å². The van der Waals surface area contributed by atoms with E-state index in [2.05, 4.69) is 5.32 Å². The molecule has 0 spiro atoms. The van der Waals surface area contributed by atoms with Crippen LogP contribution in [0, 0.1) is 20.8 Å². The first-order valence-corrected chi connectivity index (χ1v) is 16.3. The van der Waals surface area contributed by atoms with Gasteiger partial charge in [0.2, 0.25) is 11.8 Å². The normalized spacial score (nSPS) is 11.9. The number of nitrogens with zero attached hydrogens (tertiary/aromatic N) is 2. The number of carbonyl (C=O) groups is 2. The minimum absolute atomic E-state index is 0.0738. The van der Waals surface area contributed by atoms with Crippen molar-refractivity contribution in [3.05, 3.63) is 130 Å². The van der Waals surface area contributed by atoms with Gasteiger partial charge in [0.1, 0.15) is 12.6 Å². The SMILES string of the molecule is CCNC(=O)C(Cc1ccccc1)N(Cc1ccc(Cl)cc1)C(=O)CN(c1ccc(C)cc1C)S(=O)(=O)c1ccc(C)cc1. The molecule has 230 valence electrons. The van der Waals surface area contributed by atoms with Crippen molar-refractivity contribution >= 4 is 39.1 Å². The lowest BCUT2D eigenvalue weighted by Crippen LogP contribution is -2.53. The number of amides is 2. The van der Waals surface area contributed by atoms with Gasteiger partial charge in [0.05, 0.1) is 10.6 Å². The van der Waals surface area contributed by atoms with Crippen LogP contribution in [-0.2, 0) is 32.6 Å². The Morgan fingerprint density at radius 2 is 1.45 bits per heavy atom. The molecular weight excluding hydrogens is 594 g/mol. The molecule has 4 rings (SSSR count). The van der Waals surface area contributed by atoms with Gasteiger partial charge in [0, 0.05) is 24.5 Å². The molecule has 1 atom stereocenters. The van der Waals surface area contributed by atoms with Crippen LogP contribution in [0.3, 0.4) is 0 Å². The van der Waals surface area contributed by atoms with E-state index in [1.807, 2.05) is 70.2 Å². The predicted octanol–water partition coefficient (Wildman–Crippen LogP) is 6.24. The van der Waals surface area contributed by atoms with Gasteiger partial charge in [-0.15, -0.1) is 0 Å². The molecule has 0 aliphatic rings. The van der Waals surface area contributed by atoms with Crippen molar-refractivity contribution in [2.24, 2.45) is 0 Å². The Balaban J connectivity index is 1.81. The minimum Gasteiger partial charge on any atom is -0.355 e. The van der Waals surface area contributed by atoms with Crippen LogP contribution in [0.25, 0.3) is 0 Å². The molecule has 0 fully saturated rings. The van der Waals surface area contributed by atoms with Gasteiger partial charge >= 0.3 is 0 Å². The van der Waals surface area contributed by atoms with E-state index in [0.717, 1.165) is 26.6 Å². The second kappa shape index (κ2) is 14.6. The number of aryl methyl sites for hydroxylation is 3. The Kier molecular flexibility index (Phi) is 10.8. The number of rotatable bonds is 12. The van der Waals surface area contributed by atoms with E-state index in [4.69, 9.17) is 11.6 Å². The lowest BCUT2D eigenvalue weighted by atomic mass is 10.0. The summed E-state index contributed by atoms with van der Waals surface area (Å²) in [6.07, 6.45) is 0.250. The van der Waals surface area contributed by atoms with Gasteiger partial charge in [-0.1, -0.05) is 89.5 Å². The molecule has 0 saturated heterocycles. The van der Waals surface area contributed by atoms with Crippen molar-refractivity contribution in [2.45, 2.75) is 51.6 Å². The summed E-state index contributed by atoms with van der Waals surface area (Å²) >= 11 is 6.14. The number of nitrogens with one attached hydrogen (secondary N) is 1. The van der Waals surface area contributed by atoms with Crippen LogP contribution in [-0.4, -0.2) is 44.3 Å². The Bertz CT molecular complexity index is 1690. The van der Waals surface area contributed by atoms with Crippen LogP contribution in [0.5, 0.6) is 0 Å². The number of anilines is 1. The number of carbonyl (C=O) groups excluding carboxylic acids is 2. The maximum atomic E-state index is 14.5. The van der Waals surface area contributed by atoms with Crippen molar-refractivity contribution < 1.29 is 18.0 Å². The van der Waals surface area contributed by atoms with Crippen molar-refractivity contribution in [3.8, 4) is 0 Å². The first-order chi connectivity index (χ1) is 21.0. The highest BCUT2D eigenvalue weighted by molar-refractivity contribution is 7.92. The van der Waals surface area contributed by atoms with Crippen molar-refractivity contribution in [3.63, 3.8) is 0 Å². The maximum Gasteiger partial charge on any atom is 0.264 e. The number of halogens is 1. The topological polar surface area (TPSA) is 86.8 Å². The Labute approximate surface area is 265 Å². The summed E-state index contributed by atoms with van der Waals surface area (Å²) < 4.78 is 29.5. The number of sulfonamides is 1. The Morgan fingerprint density at radius 3 is 2.07 bits per heavy atom. The van der Waals surface area contributed by atoms with E-state index < -0.39 is 28.5 Å². The van der Waals surface area contributed by atoms with E-state index in [1.165, 1.54) is 4.90 Å². The van der Waals surface area contributed by atoms with Crippen LogP contribution in [0.15, 0.2) is 102 Å². The molecule has 0 radical (unpaired) electrons. The average molecular weight is 632 g/mol. The van der Waals surface area contributed by atoms with Crippen LogP contribution in [0.1, 0.15) is 34.7 Å². The first-order valence-electron chi connectivity index (χ1n) is 14.5. The zero-order chi connectivity index (χ0) is 31.9. The van der Waals surface area contributed by atoms with Gasteiger partial charge in [0.25, 0.3) is 10.0 Å². The zero-order valence-corrected chi connectivity index (χ0v) is 27.0. The highest BCUT2D eigenvalue weighted by atomic mass is 35.5.